The Balaban J connectivity index is 1.03. The Bertz CT molecular complexity index is 4680. The van der Waals surface area contributed by atoms with Crippen molar-refractivity contribution >= 4 is 92.4 Å². The molecule has 0 aliphatic carbocycles. The van der Waals surface area contributed by atoms with E-state index in [1.54, 1.807) is 0 Å². The third-order valence-electron chi connectivity index (χ3n) is 15.7. The molecule has 0 saturated carbocycles. The van der Waals surface area contributed by atoms with Crippen LogP contribution in [-0.4, -0.2) is 9.13 Å². The van der Waals surface area contributed by atoms with E-state index in [1.807, 2.05) is 36.4 Å². The Morgan fingerprint density at radius 2 is 0.711 bits per heavy atom. The highest BCUT2D eigenvalue weighted by Gasteiger charge is 2.23. The molecule has 2 aromatic heterocycles. The van der Waals surface area contributed by atoms with Crippen molar-refractivity contribution in [3.63, 3.8) is 0 Å². The van der Waals surface area contributed by atoms with E-state index < -0.39 is 0 Å². The molecule has 76 heavy (non-hydrogen) atoms. The van der Waals surface area contributed by atoms with Gasteiger partial charge in [0.2, 0.25) is 0 Å². The van der Waals surface area contributed by atoms with Gasteiger partial charge in [0, 0.05) is 38.4 Å². The molecule has 0 saturated heterocycles. The van der Waals surface area contributed by atoms with Crippen molar-refractivity contribution in [2.75, 3.05) is 0 Å². The highest BCUT2D eigenvalue weighted by Crippen LogP contribution is 2.49. The van der Waals surface area contributed by atoms with Crippen LogP contribution in [-0.2, 0) is 0 Å². The van der Waals surface area contributed by atoms with E-state index in [4.69, 9.17) is 6.57 Å². The zero-order valence-corrected chi connectivity index (χ0v) is 41.0. The fraction of sp³-hybridized carbons (Fsp3) is 0. The number of rotatable bonds is 6. The first kappa shape index (κ1) is 43.1. The molecule has 15 aromatic rings. The van der Waals surface area contributed by atoms with Crippen LogP contribution in [0.2, 0.25) is 0 Å². The summed E-state index contributed by atoms with van der Waals surface area (Å²) in [7, 11) is 0. The van der Waals surface area contributed by atoms with Gasteiger partial charge in [0.05, 0.1) is 34.8 Å². The number of nitrogens with zero attached hydrogens (tertiary/aromatic N) is 4. The van der Waals surface area contributed by atoms with E-state index in [2.05, 4.69) is 238 Å². The summed E-state index contributed by atoms with van der Waals surface area (Å²) >= 11 is 0. The van der Waals surface area contributed by atoms with Crippen LogP contribution < -0.4 is 0 Å². The van der Waals surface area contributed by atoms with Crippen molar-refractivity contribution in [2.45, 2.75) is 0 Å². The molecular weight excluding hydrogens is 921 g/mol. The van der Waals surface area contributed by atoms with Crippen LogP contribution in [0.5, 0.6) is 0 Å². The number of hydrogen-bond donors (Lipinski definition) is 0. The standard InChI is InChI=1S/C72H42N4/c1-74-52-31-37-60-59-34-28-51(42-69(59)76(70(60)43-52)54-20-6-3-7-21-54)49-30-36-64-66(40-49)72(62-25-13-17-47-15-9-11-23-56(47)62)63-35-29-48(39-65(63)71(64)61-24-12-16-46-14-8-10-22-55(46)61)50-27-33-58-57-32-26-45(44-73)38-67(57)75(68(58)41-50)53-18-4-2-5-19-53/h2-43H. The van der Waals surface area contributed by atoms with Crippen molar-refractivity contribution < 1.29 is 0 Å². The van der Waals surface area contributed by atoms with Crippen LogP contribution >= 0.6 is 0 Å². The first-order chi connectivity index (χ1) is 37.6. The summed E-state index contributed by atoms with van der Waals surface area (Å²) in [4.78, 5) is 3.82. The number of nitriles is 1. The van der Waals surface area contributed by atoms with E-state index in [1.165, 1.54) is 65.3 Å². The van der Waals surface area contributed by atoms with E-state index in [-0.39, 0.29) is 0 Å². The number of fused-ring (bicyclic) bond motifs is 10. The minimum atomic E-state index is 0.619. The second-order valence-corrected chi connectivity index (χ2v) is 19.8. The predicted molar refractivity (Wildman–Crippen MR) is 318 cm³/mol. The molecule has 0 aliphatic rings. The van der Waals surface area contributed by atoms with Gasteiger partial charge in [-0.05, 0) is 154 Å². The molecule has 0 N–H and O–H groups in total. The zero-order chi connectivity index (χ0) is 50.4. The van der Waals surface area contributed by atoms with Crippen molar-refractivity contribution in [3.8, 4) is 62.0 Å². The van der Waals surface area contributed by atoms with Crippen LogP contribution in [0, 0.1) is 17.9 Å². The predicted octanol–water partition coefficient (Wildman–Crippen LogP) is 19.6. The smallest absolute Gasteiger partial charge is 0.189 e. The Hall–Kier alpha value is -10.5. The molecule has 4 heteroatoms. The fourth-order valence-electron chi connectivity index (χ4n) is 12.3. The van der Waals surface area contributed by atoms with Crippen molar-refractivity contribution in [1.29, 1.82) is 5.26 Å². The average Bonchev–Trinajstić information content (AvgIpc) is 4.11. The summed E-state index contributed by atoms with van der Waals surface area (Å²) in [5.41, 5.74) is 16.7. The number of hydrogen-bond acceptors (Lipinski definition) is 1. The minimum Gasteiger partial charge on any atom is -0.310 e. The van der Waals surface area contributed by atoms with Gasteiger partial charge < -0.3 is 9.13 Å². The molecule has 0 atom stereocenters. The van der Waals surface area contributed by atoms with E-state index >= 15 is 0 Å². The summed E-state index contributed by atoms with van der Waals surface area (Å²) < 4.78 is 4.60. The number of para-hydroxylation sites is 2. The van der Waals surface area contributed by atoms with Crippen LogP contribution in [0.15, 0.2) is 255 Å². The summed E-state index contributed by atoms with van der Waals surface area (Å²) in [6.45, 7) is 7.87. The van der Waals surface area contributed by atoms with Crippen LogP contribution in [0.3, 0.4) is 0 Å². The van der Waals surface area contributed by atoms with Gasteiger partial charge in [-0.25, -0.2) is 4.85 Å². The molecule has 0 radical (unpaired) electrons. The molecule has 4 nitrogen and oxygen atoms in total. The van der Waals surface area contributed by atoms with Crippen molar-refractivity contribution in [2.24, 2.45) is 0 Å². The monoisotopic (exact) mass is 962 g/mol. The van der Waals surface area contributed by atoms with Crippen molar-refractivity contribution in [1.82, 2.24) is 9.13 Å². The summed E-state index contributed by atoms with van der Waals surface area (Å²) in [6, 6.07) is 94.1. The first-order valence-corrected chi connectivity index (χ1v) is 25.7. The normalized spacial score (nSPS) is 11.7. The second-order valence-electron chi connectivity index (χ2n) is 19.8. The molecule has 0 amide bonds. The summed E-state index contributed by atoms with van der Waals surface area (Å²) in [5.74, 6) is 0. The lowest BCUT2D eigenvalue weighted by Crippen LogP contribution is -1.95. The molecule has 0 unspecified atom stereocenters. The van der Waals surface area contributed by atoms with Gasteiger partial charge in [0.25, 0.3) is 0 Å². The average molecular weight is 963 g/mol. The lowest BCUT2D eigenvalue weighted by atomic mass is 9.82. The van der Waals surface area contributed by atoms with Gasteiger partial charge in [0.1, 0.15) is 0 Å². The quantitative estimate of drug-likeness (QED) is 0.121. The Morgan fingerprint density at radius 3 is 1.20 bits per heavy atom. The van der Waals surface area contributed by atoms with Crippen molar-refractivity contribution in [3.05, 3.63) is 272 Å². The SMILES string of the molecule is [C-]#[N+]c1ccc2c3ccc(-c4ccc5c(-c6cccc7ccccc67)c6cc(-c7ccc8c9ccc(C#N)cc9n(-c9ccccc9)c8c7)ccc6c(-c6cccc7ccccc67)c5c4)cc3n(-c3ccccc3)c2c1. The molecule has 0 bridgehead atoms. The topological polar surface area (TPSA) is 38.0 Å². The molecule has 0 fully saturated rings. The Morgan fingerprint density at radius 1 is 0.316 bits per heavy atom. The minimum absolute atomic E-state index is 0.619. The lowest BCUT2D eigenvalue weighted by Gasteiger charge is -2.21. The van der Waals surface area contributed by atoms with E-state index in [9.17, 15) is 5.26 Å². The number of aromatic nitrogens is 2. The number of benzene rings is 13. The van der Waals surface area contributed by atoms with E-state index in [0.29, 0.717) is 11.3 Å². The van der Waals surface area contributed by atoms with Gasteiger partial charge in [-0.3, -0.25) is 0 Å². The maximum atomic E-state index is 10.0. The van der Waals surface area contributed by atoms with Gasteiger partial charge in [-0.15, -0.1) is 0 Å². The van der Waals surface area contributed by atoms with Gasteiger partial charge in [-0.1, -0.05) is 188 Å². The van der Waals surface area contributed by atoms with Gasteiger partial charge >= 0.3 is 0 Å². The molecule has 13 aromatic carbocycles. The second kappa shape index (κ2) is 17.0. The fourth-order valence-corrected chi connectivity index (χ4v) is 12.3. The van der Waals surface area contributed by atoms with Crippen LogP contribution in [0.1, 0.15) is 5.56 Å². The van der Waals surface area contributed by atoms with E-state index in [0.717, 1.165) is 77.2 Å². The Labute approximate surface area is 438 Å². The van der Waals surface area contributed by atoms with Gasteiger partial charge in [-0.2, -0.15) is 5.26 Å². The molecule has 15 rings (SSSR count). The van der Waals surface area contributed by atoms with Crippen LogP contribution in [0.4, 0.5) is 5.69 Å². The van der Waals surface area contributed by atoms with Crippen LogP contribution in [0.25, 0.3) is 147 Å². The maximum absolute atomic E-state index is 10.0. The molecule has 2 heterocycles. The molecule has 350 valence electrons. The first-order valence-electron chi connectivity index (χ1n) is 25.7. The lowest BCUT2D eigenvalue weighted by molar-refractivity contribution is 1.18. The van der Waals surface area contributed by atoms with Gasteiger partial charge in [0.15, 0.2) is 5.69 Å². The molecule has 0 aliphatic heterocycles. The third kappa shape index (κ3) is 6.62. The third-order valence-corrected chi connectivity index (χ3v) is 15.7. The Kier molecular flexibility index (Phi) is 9.66. The summed E-state index contributed by atoms with van der Waals surface area (Å²) in [6.07, 6.45) is 0. The zero-order valence-electron chi connectivity index (χ0n) is 41.0. The summed E-state index contributed by atoms with van der Waals surface area (Å²) in [5, 5.41) is 24.0. The molecular formula is C72H42N4. The highest BCUT2D eigenvalue weighted by molar-refractivity contribution is 6.26. The largest absolute Gasteiger partial charge is 0.310 e. The highest BCUT2D eigenvalue weighted by atomic mass is 15.0. The molecule has 0 spiro atoms. The maximum Gasteiger partial charge on any atom is 0.189 e.